The van der Waals surface area contributed by atoms with Gasteiger partial charge in [0.05, 0.1) is 17.7 Å². The van der Waals surface area contributed by atoms with Gasteiger partial charge >= 0.3 is 0 Å². The van der Waals surface area contributed by atoms with E-state index >= 15 is 0 Å². The Balaban J connectivity index is 1.71. The summed E-state index contributed by atoms with van der Waals surface area (Å²) in [7, 11) is -2.47. The van der Waals surface area contributed by atoms with Crippen molar-refractivity contribution in [2.75, 3.05) is 24.9 Å². The molecule has 166 valence electrons. The number of nitrogens with zero attached hydrogens (tertiary/aromatic N) is 1. The zero-order valence-corrected chi connectivity index (χ0v) is 18.6. The summed E-state index contributed by atoms with van der Waals surface area (Å²) >= 11 is 0. The molecular formula is C22H27N3O5S. The fourth-order valence-electron chi connectivity index (χ4n) is 3.45. The van der Waals surface area contributed by atoms with Crippen LogP contribution in [0.25, 0.3) is 0 Å². The summed E-state index contributed by atoms with van der Waals surface area (Å²) in [5.41, 5.74) is 0.539. The van der Waals surface area contributed by atoms with Gasteiger partial charge in [-0.1, -0.05) is 32.0 Å². The molecule has 0 radical (unpaired) electrons. The Bertz CT molecular complexity index is 1070. The number of carbonyl (C=O) groups is 2. The lowest BCUT2D eigenvalue weighted by Crippen LogP contribution is -2.39. The Morgan fingerprint density at radius 1 is 1.13 bits per heavy atom. The van der Waals surface area contributed by atoms with Gasteiger partial charge in [0.2, 0.25) is 5.91 Å². The lowest BCUT2D eigenvalue weighted by atomic mass is 10.2. The number of anilines is 1. The molecule has 8 nitrogen and oxygen atoms in total. The van der Waals surface area contributed by atoms with E-state index in [-0.39, 0.29) is 34.2 Å². The van der Waals surface area contributed by atoms with Gasteiger partial charge in [-0.25, -0.2) is 8.42 Å². The second kappa shape index (κ2) is 9.38. The minimum Gasteiger partial charge on any atom is -0.495 e. The van der Waals surface area contributed by atoms with Gasteiger partial charge in [-0.2, -0.15) is 0 Å². The molecule has 1 aliphatic heterocycles. The van der Waals surface area contributed by atoms with Crippen molar-refractivity contribution in [2.24, 2.45) is 5.92 Å². The number of nitrogens with one attached hydrogen (secondary N) is 2. The molecule has 0 aromatic heterocycles. The van der Waals surface area contributed by atoms with Gasteiger partial charge in [-0.05, 0) is 36.8 Å². The summed E-state index contributed by atoms with van der Waals surface area (Å²) in [5.74, 6) is -0.0146. The molecule has 1 aliphatic rings. The van der Waals surface area contributed by atoms with Crippen molar-refractivity contribution in [1.82, 2.24) is 10.2 Å². The third-order valence-corrected chi connectivity index (χ3v) is 6.45. The molecule has 0 saturated carbocycles. The highest BCUT2D eigenvalue weighted by molar-refractivity contribution is 7.92. The minimum absolute atomic E-state index is 0.0332. The number of carbonyl (C=O) groups excluding carboxylic acids is 2. The van der Waals surface area contributed by atoms with E-state index in [9.17, 15) is 18.0 Å². The molecular weight excluding hydrogens is 418 g/mol. The Morgan fingerprint density at radius 3 is 2.58 bits per heavy atom. The lowest BCUT2D eigenvalue weighted by Gasteiger charge is -2.19. The van der Waals surface area contributed by atoms with E-state index in [0.29, 0.717) is 30.9 Å². The van der Waals surface area contributed by atoms with Crippen LogP contribution in [0.2, 0.25) is 0 Å². The summed E-state index contributed by atoms with van der Waals surface area (Å²) in [5, 5.41) is 2.90. The summed E-state index contributed by atoms with van der Waals surface area (Å²) in [6.07, 6.45) is 0.664. The van der Waals surface area contributed by atoms with E-state index in [4.69, 9.17) is 4.74 Å². The fraction of sp³-hybridized carbons (Fsp3) is 0.364. The number of likely N-dealkylation sites (tertiary alicyclic amines) is 1. The summed E-state index contributed by atoms with van der Waals surface area (Å²) in [6.45, 7) is 4.74. The van der Waals surface area contributed by atoms with E-state index in [1.54, 1.807) is 35.2 Å². The number of para-hydroxylation sites is 2. The number of methoxy groups -OCH3 is 1. The lowest BCUT2D eigenvalue weighted by molar-refractivity contribution is -0.133. The van der Waals surface area contributed by atoms with Crippen LogP contribution in [0.4, 0.5) is 5.69 Å². The number of rotatable bonds is 7. The van der Waals surface area contributed by atoms with Crippen molar-refractivity contribution < 1.29 is 22.7 Å². The Labute approximate surface area is 182 Å². The van der Waals surface area contributed by atoms with Gasteiger partial charge in [-0.3, -0.25) is 14.3 Å². The first-order chi connectivity index (χ1) is 14.7. The average Bonchev–Trinajstić information content (AvgIpc) is 3.21. The number of amides is 2. The Hall–Kier alpha value is -3.07. The smallest absolute Gasteiger partial charge is 0.262 e. The maximum Gasteiger partial charge on any atom is 0.262 e. The number of sulfonamides is 1. The first kappa shape index (κ1) is 22.6. The van der Waals surface area contributed by atoms with Gasteiger partial charge < -0.3 is 15.0 Å². The van der Waals surface area contributed by atoms with Crippen LogP contribution in [-0.2, 0) is 14.8 Å². The normalized spacial score (nSPS) is 16.3. The molecule has 0 spiro atoms. The molecule has 0 bridgehead atoms. The van der Waals surface area contributed by atoms with Gasteiger partial charge in [0, 0.05) is 30.6 Å². The third-order valence-electron chi connectivity index (χ3n) is 5.09. The molecule has 2 amide bonds. The van der Waals surface area contributed by atoms with Crippen LogP contribution in [0.3, 0.4) is 0 Å². The highest BCUT2D eigenvalue weighted by atomic mass is 32.2. The van der Waals surface area contributed by atoms with E-state index in [1.165, 1.54) is 25.3 Å². The standard InChI is InChI=1S/C22H27N3O5S/c1-15(2)22(27)25-12-11-17(14-25)23-21(26)16-7-6-8-18(13-16)31(28,29)24-19-9-4-5-10-20(19)30-3/h4-10,13,15,17,24H,11-12,14H2,1-3H3,(H,23,26)/t17-/m1/s1. The second-order valence-corrected chi connectivity index (χ2v) is 9.41. The van der Waals surface area contributed by atoms with Crippen LogP contribution in [0.1, 0.15) is 30.6 Å². The maximum atomic E-state index is 12.8. The molecule has 1 atom stereocenters. The van der Waals surface area contributed by atoms with Crippen LogP contribution < -0.4 is 14.8 Å². The maximum absolute atomic E-state index is 12.8. The van der Waals surface area contributed by atoms with Crippen LogP contribution in [0.5, 0.6) is 5.75 Å². The Kier molecular flexibility index (Phi) is 6.84. The van der Waals surface area contributed by atoms with Gasteiger partial charge in [0.25, 0.3) is 15.9 Å². The van der Waals surface area contributed by atoms with Crippen molar-refractivity contribution >= 4 is 27.5 Å². The first-order valence-corrected chi connectivity index (χ1v) is 11.5. The molecule has 9 heteroatoms. The van der Waals surface area contributed by atoms with Crippen molar-refractivity contribution in [3.05, 3.63) is 54.1 Å². The van der Waals surface area contributed by atoms with Crippen molar-refractivity contribution in [1.29, 1.82) is 0 Å². The largest absolute Gasteiger partial charge is 0.495 e. The highest BCUT2D eigenvalue weighted by Crippen LogP contribution is 2.26. The Morgan fingerprint density at radius 2 is 1.87 bits per heavy atom. The van der Waals surface area contributed by atoms with Crippen LogP contribution in [0.15, 0.2) is 53.4 Å². The van der Waals surface area contributed by atoms with Gasteiger partial charge in [0.15, 0.2) is 0 Å². The van der Waals surface area contributed by atoms with E-state index in [0.717, 1.165) is 0 Å². The molecule has 0 unspecified atom stereocenters. The molecule has 2 N–H and O–H groups in total. The molecule has 1 fully saturated rings. The number of hydrogen-bond donors (Lipinski definition) is 2. The van der Waals surface area contributed by atoms with Crippen molar-refractivity contribution in [2.45, 2.75) is 31.2 Å². The quantitative estimate of drug-likeness (QED) is 0.681. The average molecular weight is 446 g/mol. The molecule has 31 heavy (non-hydrogen) atoms. The highest BCUT2D eigenvalue weighted by Gasteiger charge is 2.29. The SMILES string of the molecule is COc1ccccc1NS(=O)(=O)c1cccc(C(=O)N[C@@H]2CCN(C(=O)C(C)C)C2)c1. The van der Waals surface area contributed by atoms with Crippen molar-refractivity contribution in [3.8, 4) is 5.75 Å². The minimum atomic E-state index is -3.92. The molecule has 1 heterocycles. The van der Waals surface area contributed by atoms with E-state index < -0.39 is 10.0 Å². The number of hydrogen-bond acceptors (Lipinski definition) is 5. The second-order valence-electron chi connectivity index (χ2n) is 7.73. The molecule has 3 rings (SSSR count). The first-order valence-electron chi connectivity index (χ1n) is 10.1. The predicted octanol–water partition coefficient (Wildman–Crippen LogP) is 2.48. The molecule has 0 aliphatic carbocycles. The van der Waals surface area contributed by atoms with Gasteiger partial charge in [-0.15, -0.1) is 0 Å². The van der Waals surface area contributed by atoms with Crippen LogP contribution in [0, 0.1) is 5.92 Å². The predicted molar refractivity (Wildman–Crippen MR) is 118 cm³/mol. The fourth-order valence-corrected chi connectivity index (χ4v) is 4.57. The molecule has 2 aromatic carbocycles. The van der Waals surface area contributed by atoms with Gasteiger partial charge in [0.1, 0.15) is 5.75 Å². The summed E-state index contributed by atoms with van der Waals surface area (Å²) in [4.78, 5) is 26.5. The number of ether oxygens (including phenoxy) is 1. The topological polar surface area (TPSA) is 105 Å². The third kappa shape index (κ3) is 5.35. The van der Waals surface area contributed by atoms with Crippen LogP contribution >= 0.6 is 0 Å². The van der Waals surface area contributed by atoms with E-state index in [2.05, 4.69) is 10.0 Å². The zero-order chi connectivity index (χ0) is 22.6. The number of benzene rings is 2. The zero-order valence-electron chi connectivity index (χ0n) is 17.8. The van der Waals surface area contributed by atoms with Crippen LogP contribution in [-0.4, -0.2) is 51.4 Å². The van der Waals surface area contributed by atoms with Crippen molar-refractivity contribution in [3.63, 3.8) is 0 Å². The van der Waals surface area contributed by atoms with E-state index in [1.807, 2.05) is 13.8 Å². The molecule has 1 saturated heterocycles. The molecule has 2 aromatic rings. The monoisotopic (exact) mass is 445 g/mol. The summed E-state index contributed by atoms with van der Waals surface area (Å²) < 4.78 is 33.3. The summed E-state index contributed by atoms with van der Waals surface area (Å²) in [6, 6.07) is 12.3.